The third-order valence-electron chi connectivity index (χ3n) is 19.3. The number of aliphatic hydroxyl groups excluding tert-OH is 4. The standard InChI is InChI=1S/C50H77N5O6S2/c1-28-36-15-34(50(61)39-18-41(58)38-17-42(59)43(60)23-47(38,5)44(39)32(20-48(36,50)6)24-53-45(51)54-29(2)56)25-62-63-26-35(55-13-12-52-27-55)22-46(3,4)37(16-40(28)57)31-14-30-9-10-33-8-7-11-49(33,19-30)21-31/h12-13,18,27-30,32-36,38,40,42-44,56-57,59-61H,7-11,14-17,19-26H2,1-6H3,(H3,51,53,54)/b37-31+/t28-,29-,30+,32+,33+,34+,35-,36+,38-,40+,42+,43-,44-,47-,48+,49+,50+/m0/s1. The van der Waals surface area contributed by atoms with Crippen LogP contribution >= 0.6 is 21.6 Å². The summed E-state index contributed by atoms with van der Waals surface area (Å²) >= 11 is 0. The highest BCUT2D eigenvalue weighted by atomic mass is 33.1. The number of guanidine groups is 1. The van der Waals surface area contributed by atoms with Crippen molar-refractivity contribution in [3.05, 3.63) is 41.5 Å². The topological polar surface area (TPSA) is 186 Å². The first-order valence-corrected chi connectivity index (χ1v) is 27.0. The molecule has 13 heteroatoms. The number of carbonyl (C=O) groups excluding carboxylic acids is 1. The summed E-state index contributed by atoms with van der Waals surface area (Å²) in [5.74, 6) is 1.76. The summed E-state index contributed by atoms with van der Waals surface area (Å²) in [5, 5.41) is 62.1. The number of nitrogens with one attached hydrogen (secondary N) is 1. The van der Waals surface area contributed by atoms with E-state index < -0.39 is 46.9 Å². The molecular weight excluding hydrogens is 831 g/mol. The van der Waals surface area contributed by atoms with Crippen LogP contribution in [0.4, 0.5) is 0 Å². The number of fused-ring (bicyclic) bond motifs is 10. The fourth-order valence-electron chi connectivity index (χ4n) is 16.5. The van der Waals surface area contributed by atoms with Crippen molar-refractivity contribution >= 4 is 33.3 Å². The Balaban J connectivity index is 1.15. The number of aromatic nitrogens is 2. The van der Waals surface area contributed by atoms with E-state index in [2.05, 4.69) is 55.7 Å². The van der Waals surface area contributed by atoms with Gasteiger partial charge in [-0.15, -0.1) is 0 Å². The molecule has 7 aliphatic carbocycles. The Morgan fingerprint density at radius 1 is 1.00 bits per heavy atom. The van der Waals surface area contributed by atoms with Crippen molar-refractivity contribution in [1.82, 2.24) is 14.9 Å². The molecule has 11 nitrogen and oxygen atoms in total. The number of hydrogen-bond acceptors (Lipinski definition) is 10. The van der Waals surface area contributed by atoms with Crippen molar-refractivity contribution in [2.24, 2.45) is 79.7 Å². The van der Waals surface area contributed by atoms with Crippen LogP contribution in [-0.4, -0.2) is 95.0 Å². The van der Waals surface area contributed by atoms with Crippen LogP contribution in [0, 0.1) is 69.0 Å². The highest BCUT2D eigenvalue weighted by molar-refractivity contribution is 8.76. The number of ketones is 1. The molecule has 17 atom stereocenters. The first-order valence-electron chi connectivity index (χ1n) is 24.5. The van der Waals surface area contributed by atoms with Crippen molar-refractivity contribution in [1.29, 1.82) is 0 Å². The second-order valence-electron chi connectivity index (χ2n) is 23.4. The Hall–Kier alpha value is -1.87. The molecule has 1 aromatic rings. The summed E-state index contributed by atoms with van der Waals surface area (Å²) in [6, 6.07) is 0.193. The van der Waals surface area contributed by atoms with Crippen LogP contribution in [0.1, 0.15) is 137 Å². The van der Waals surface area contributed by atoms with Gasteiger partial charge in [0.2, 0.25) is 0 Å². The van der Waals surface area contributed by atoms with Crippen molar-refractivity contribution in [2.75, 3.05) is 18.1 Å². The maximum absolute atomic E-state index is 14.5. The van der Waals surface area contributed by atoms with Crippen LogP contribution < -0.4 is 11.1 Å². The summed E-state index contributed by atoms with van der Waals surface area (Å²) in [5.41, 5.74) is 7.58. The van der Waals surface area contributed by atoms with Crippen molar-refractivity contribution < 1.29 is 30.3 Å². The summed E-state index contributed by atoms with van der Waals surface area (Å²) < 4.78 is 2.28. The van der Waals surface area contributed by atoms with Crippen molar-refractivity contribution in [3.63, 3.8) is 0 Å². The van der Waals surface area contributed by atoms with E-state index in [9.17, 15) is 30.3 Å². The van der Waals surface area contributed by atoms with E-state index in [1.807, 2.05) is 34.1 Å². The van der Waals surface area contributed by atoms with Gasteiger partial charge in [0.15, 0.2) is 11.7 Å². The number of allylic oxidation sites excluding steroid dienone is 2. The minimum Gasteiger partial charge on any atom is -0.393 e. The molecule has 0 aromatic carbocycles. The van der Waals surface area contributed by atoms with Crippen LogP contribution in [0.15, 0.2) is 46.5 Å². The highest BCUT2D eigenvalue weighted by Crippen LogP contribution is 2.72. The Morgan fingerprint density at radius 2 is 1.78 bits per heavy atom. The zero-order chi connectivity index (χ0) is 44.9. The van der Waals surface area contributed by atoms with Gasteiger partial charge in [0.05, 0.1) is 30.2 Å². The molecule has 8 N–H and O–H groups in total. The molecule has 6 saturated carbocycles. The number of aliphatic hydroxyl groups is 5. The third-order valence-corrected chi connectivity index (χ3v) is 21.9. The van der Waals surface area contributed by atoms with E-state index in [4.69, 9.17) is 10.7 Å². The van der Waals surface area contributed by atoms with Gasteiger partial charge in [0.25, 0.3) is 0 Å². The lowest BCUT2D eigenvalue weighted by molar-refractivity contribution is -0.168. The van der Waals surface area contributed by atoms with Crippen molar-refractivity contribution in [3.8, 4) is 0 Å². The highest BCUT2D eigenvalue weighted by Gasteiger charge is 2.72. The van der Waals surface area contributed by atoms with Crippen LogP contribution in [0.3, 0.4) is 0 Å². The minimum atomic E-state index is -1.36. The summed E-state index contributed by atoms with van der Waals surface area (Å²) in [6.45, 7) is 13.3. The predicted octanol–water partition coefficient (Wildman–Crippen LogP) is 7.20. The molecule has 9 rings (SSSR count). The maximum Gasteiger partial charge on any atom is 0.190 e. The van der Waals surface area contributed by atoms with Gasteiger partial charge in [0.1, 0.15) is 6.23 Å². The lowest BCUT2D eigenvalue weighted by Gasteiger charge is -2.63. The summed E-state index contributed by atoms with van der Waals surface area (Å²) in [4.78, 5) is 23.8. The van der Waals surface area contributed by atoms with E-state index in [0.717, 1.165) is 36.0 Å². The Kier molecular flexibility index (Phi) is 12.5. The molecule has 1 aromatic heterocycles. The van der Waals surface area contributed by atoms with E-state index >= 15 is 0 Å². The fraction of sp³-hybridized carbons (Fsp3) is 0.820. The molecule has 1 saturated heterocycles. The molecule has 1 aliphatic heterocycles. The van der Waals surface area contributed by atoms with Crippen LogP contribution in [0.25, 0.3) is 0 Å². The van der Waals surface area contributed by atoms with Gasteiger partial charge in [-0.25, -0.2) is 4.98 Å². The number of aliphatic imine (C=N–C) groups is 1. The van der Waals surface area contributed by atoms with Gasteiger partial charge in [0, 0.05) is 53.7 Å². The smallest absolute Gasteiger partial charge is 0.190 e. The zero-order valence-electron chi connectivity index (χ0n) is 38.7. The Bertz CT molecular complexity index is 1970. The lowest BCUT2D eigenvalue weighted by atomic mass is 9.42. The van der Waals surface area contributed by atoms with Crippen LogP contribution in [0.2, 0.25) is 0 Å². The second-order valence-corrected chi connectivity index (χ2v) is 25.9. The fourth-order valence-corrected chi connectivity index (χ4v) is 19.3. The zero-order valence-corrected chi connectivity index (χ0v) is 40.3. The second kappa shape index (κ2) is 17.0. The number of carbonyl (C=O) groups is 1. The first kappa shape index (κ1) is 46.2. The van der Waals surface area contributed by atoms with E-state index in [-0.39, 0.29) is 65.6 Å². The number of nitrogens with two attached hydrogens (primary N) is 1. The van der Waals surface area contributed by atoms with Gasteiger partial charge >= 0.3 is 0 Å². The summed E-state index contributed by atoms with van der Waals surface area (Å²) in [7, 11) is 3.70. The summed E-state index contributed by atoms with van der Waals surface area (Å²) in [6.07, 6.45) is 17.9. The Morgan fingerprint density at radius 3 is 2.52 bits per heavy atom. The quantitative estimate of drug-likeness (QED) is 0.0533. The molecule has 1 spiro atoms. The third kappa shape index (κ3) is 7.83. The molecule has 0 unspecified atom stereocenters. The van der Waals surface area contributed by atoms with E-state index in [1.165, 1.54) is 50.5 Å². The monoisotopic (exact) mass is 908 g/mol. The molecule has 2 heterocycles. The average Bonchev–Trinajstić information content (AvgIpc) is 3.94. The van der Waals surface area contributed by atoms with Gasteiger partial charge in [-0.3, -0.25) is 9.79 Å². The molecule has 0 radical (unpaired) electrons. The Labute approximate surface area is 383 Å². The molecule has 63 heavy (non-hydrogen) atoms. The van der Waals surface area contributed by atoms with Gasteiger partial charge < -0.3 is 41.2 Å². The van der Waals surface area contributed by atoms with Crippen LogP contribution in [0.5, 0.6) is 0 Å². The number of hydrogen-bond donors (Lipinski definition) is 7. The molecule has 0 amide bonds. The van der Waals surface area contributed by atoms with E-state index in [1.54, 1.807) is 18.6 Å². The lowest BCUT2D eigenvalue weighted by Crippen LogP contribution is -2.65. The van der Waals surface area contributed by atoms with Gasteiger partial charge in [-0.1, -0.05) is 73.8 Å². The molecule has 8 aliphatic rings. The first-order chi connectivity index (χ1) is 29.8. The SMILES string of the molecule is C[C@@H]1[C@H](O)C/C(=C2/C[C@H]3CC[C@H]4CCC[C@]4(C2)C3)C(C)(C)C[C@H](n2ccnc2)CSSC[C@H]2C[C@H]1[C@@]1(C)C[C@H](CN=C(N)N[C@H](C)O)[C@H]3C(=CC(=O)[C@@H]4C[C@@H](O)[C@@H](O)C[C@]34C)[C@]21O. The number of rotatable bonds is 4. The maximum atomic E-state index is 14.5. The van der Waals surface area contributed by atoms with Crippen molar-refractivity contribution in [2.45, 2.75) is 168 Å². The molecule has 350 valence electrons. The number of imidazole rings is 1. The number of nitrogens with zero attached hydrogens (tertiary/aromatic N) is 3. The normalized spacial score (nSPS) is 48.2. The average molecular weight is 908 g/mol. The largest absolute Gasteiger partial charge is 0.393 e. The van der Waals surface area contributed by atoms with Crippen LogP contribution in [-0.2, 0) is 4.79 Å². The molecule has 4 bridgehead atoms. The van der Waals surface area contributed by atoms with Gasteiger partial charge in [-0.2, -0.15) is 0 Å². The van der Waals surface area contributed by atoms with E-state index in [0.29, 0.717) is 37.0 Å². The minimum absolute atomic E-state index is 0.0618. The molecule has 7 fully saturated rings. The van der Waals surface area contributed by atoms with Gasteiger partial charge in [-0.05, 0) is 154 Å². The predicted molar refractivity (Wildman–Crippen MR) is 251 cm³/mol. The molecular formula is C50H77N5O6S2.